The standard InChI is InChI=1S/C19H21N3O5/c1-26-18-9-14(7-8-17(18)22(24)25)27-12-19(23)21-10-15(16(20)11-21)13-5-3-2-4-6-13/h2-9,15-16H,10-12,20H2,1H3/t15-,16+/m0/s1. The summed E-state index contributed by atoms with van der Waals surface area (Å²) in [6.07, 6.45) is 0. The van der Waals surface area contributed by atoms with Crippen molar-refractivity contribution in [2.75, 3.05) is 26.8 Å². The van der Waals surface area contributed by atoms with Crippen LogP contribution in [0.25, 0.3) is 0 Å². The van der Waals surface area contributed by atoms with Gasteiger partial charge in [-0.05, 0) is 11.6 Å². The molecule has 0 unspecified atom stereocenters. The van der Waals surface area contributed by atoms with Crippen LogP contribution in [0.4, 0.5) is 5.69 Å². The number of nitrogens with two attached hydrogens (primary N) is 1. The maximum Gasteiger partial charge on any atom is 0.311 e. The van der Waals surface area contributed by atoms with Crippen molar-refractivity contribution < 1.29 is 19.2 Å². The maximum atomic E-state index is 12.5. The molecule has 0 bridgehead atoms. The summed E-state index contributed by atoms with van der Waals surface area (Å²) in [6, 6.07) is 13.9. The monoisotopic (exact) mass is 371 g/mol. The number of hydrogen-bond acceptors (Lipinski definition) is 6. The lowest BCUT2D eigenvalue weighted by Crippen LogP contribution is -2.35. The quantitative estimate of drug-likeness (QED) is 0.614. The highest BCUT2D eigenvalue weighted by molar-refractivity contribution is 5.78. The van der Waals surface area contributed by atoms with Crippen LogP contribution in [0.2, 0.25) is 0 Å². The Balaban J connectivity index is 1.61. The predicted octanol–water partition coefficient (Wildman–Crippen LogP) is 1.94. The molecule has 2 aromatic carbocycles. The van der Waals surface area contributed by atoms with E-state index in [-0.39, 0.29) is 35.9 Å². The highest BCUT2D eigenvalue weighted by atomic mass is 16.6. The Morgan fingerprint density at radius 1 is 1.26 bits per heavy atom. The highest BCUT2D eigenvalue weighted by Gasteiger charge is 2.33. The number of methoxy groups -OCH3 is 1. The van der Waals surface area contributed by atoms with Crippen molar-refractivity contribution in [2.24, 2.45) is 5.73 Å². The number of benzene rings is 2. The van der Waals surface area contributed by atoms with E-state index in [1.807, 2.05) is 30.3 Å². The first kappa shape index (κ1) is 18.7. The predicted molar refractivity (Wildman–Crippen MR) is 98.9 cm³/mol. The van der Waals surface area contributed by atoms with Gasteiger partial charge in [0.25, 0.3) is 5.91 Å². The summed E-state index contributed by atoms with van der Waals surface area (Å²) in [5.41, 5.74) is 7.17. The molecule has 142 valence electrons. The molecule has 0 saturated carbocycles. The largest absolute Gasteiger partial charge is 0.490 e. The van der Waals surface area contributed by atoms with Gasteiger partial charge in [-0.3, -0.25) is 14.9 Å². The molecule has 1 aliphatic rings. The molecule has 2 N–H and O–H groups in total. The Morgan fingerprint density at radius 3 is 2.67 bits per heavy atom. The van der Waals surface area contributed by atoms with Gasteiger partial charge in [0.1, 0.15) is 5.75 Å². The Kier molecular flexibility index (Phi) is 5.56. The number of nitro benzene ring substituents is 1. The minimum atomic E-state index is -0.539. The van der Waals surface area contributed by atoms with Crippen LogP contribution in [0.3, 0.4) is 0 Å². The molecule has 0 radical (unpaired) electrons. The van der Waals surface area contributed by atoms with Crippen LogP contribution >= 0.6 is 0 Å². The number of ether oxygens (including phenoxy) is 2. The minimum absolute atomic E-state index is 0.0808. The lowest BCUT2D eigenvalue weighted by Gasteiger charge is -2.17. The zero-order valence-electron chi connectivity index (χ0n) is 14.9. The van der Waals surface area contributed by atoms with Crippen molar-refractivity contribution in [1.82, 2.24) is 4.90 Å². The SMILES string of the molecule is COc1cc(OCC(=O)N2C[C@@H](N)[C@H](c3ccccc3)C2)ccc1[N+](=O)[O-]. The Hall–Kier alpha value is -3.13. The molecule has 1 saturated heterocycles. The molecule has 2 atom stereocenters. The van der Waals surface area contributed by atoms with Crippen molar-refractivity contribution in [3.63, 3.8) is 0 Å². The third kappa shape index (κ3) is 4.17. The van der Waals surface area contributed by atoms with Gasteiger partial charge in [-0.2, -0.15) is 0 Å². The van der Waals surface area contributed by atoms with Gasteiger partial charge < -0.3 is 20.1 Å². The van der Waals surface area contributed by atoms with Crippen LogP contribution in [0.15, 0.2) is 48.5 Å². The first-order chi connectivity index (χ1) is 13.0. The molecular formula is C19H21N3O5. The Labute approximate surface area is 156 Å². The second-order valence-corrected chi connectivity index (χ2v) is 6.36. The van der Waals surface area contributed by atoms with E-state index < -0.39 is 4.92 Å². The number of nitrogens with zero attached hydrogens (tertiary/aromatic N) is 2. The Morgan fingerprint density at radius 2 is 2.00 bits per heavy atom. The molecule has 27 heavy (non-hydrogen) atoms. The van der Waals surface area contributed by atoms with Crippen LogP contribution in [0.5, 0.6) is 11.5 Å². The zero-order valence-corrected chi connectivity index (χ0v) is 14.9. The second-order valence-electron chi connectivity index (χ2n) is 6.36. The number of nitro groups is 1. The fraction of sp³-hybridized carbons (Fsp3) is 0.316. The van der Waals surface area contributed by atoms with E-state index in [4.69, 9.17) is 15.2 Å². The molecule has 1 heterocycles. The number of likely N-dealkylation sites (tertiary alicyclic amines) is 1. The van der Waals surface area contributed by atoms with Gasteiger partial charge in [-0.1, -0.05) is 30.3 Å². The molecule has 1 fully saturated rings. The van der Waals surface area contributed by atoms with Crippen molar-refractivity contribution in [3.05, 3.63) is 64.2 Å². The third-order valence-corrected chi connectivity index (χ3v) is 4.66. The Bertz CT molecular complexity index is 827. The summed E-state index contributed by atoms with van der Waals surface area (Å²) >= 11 is 0. The van der Waals surface area contributed by atoms with Gasteiger partial charge in [0.15, 0.2) is 6.61 Å². The van der Waals surface area contributed by atoms with E-state index in [0.717, 1.165) is 5.56 Å². The molecule has 0 spiro atoms. The van der Waals surface area contributed by atoms with E-state index >= 15 is 0 Å². The molecule has 3 rings (SSSR count). The summed E-state index contributed by atoms with van der Waals surface area (Å²) in [7, 11) is 1.34. The van der Waals surface area contributed by atoms with Crippen molar-refractivity contribution >= 4 is 11.6 Å². The lowest BCUT2D eigenvalue weighted by molar-refractivity contribution is -0.385. The second kappa shape index (κ2) is 8.05. The normalized spacial score (nSPS) is 19.0. The number of carbonyl (C=O) groups excluding carboxylic acids is 1. The van der Waals surface area contributed by atoms with Gasteiger partial charge in [0.2, 0.25) is 5.75 Å². The molecule has 0 aromatic heterocycles. The number of rotatable bonds is 6. The van der Waals surface area contributed by atoms with E-state index in [1.54, 1.807) is 4.90 Å². The van der Waals surface area contributed by atoms with Crippen molar-refractivity contribution in [2.45, 2.75) is 12.0 Å². The van der Waals surface area contributed by atoms with Gasteiger partial charge in [0.05, 0.1) is 12.0 Å². The van der Waals surface area contributed by atoms with Crippen LogP contribution in [-0.2, 0) is 4.79 Å². The maximum absolute atomic E-state index is 12.5. The van der Waals surface area contributed by atoms with Crippen LogP contribution < -0.4 is 15.2 Å². The van der Waals surface area contributed by atoms with E-state index in [2.05, 4.69) is 0 Å². The zero-order chi connectivity index (χ0) is 19.4. The van der Waals surface area contributed by atoms with Gasteiger partial charge in [-0.15, -0.1) is 0 Å². The van der Waals surface area contributed by atoms with Crippen molar-refractivity contribution in [3.8, 4) is 11.5 Å². The van der Waals surface area contributed by atoms with Crippen LogP contribution in [-0.4, -0.2) is 48.6 Å². The van der Waals surface area contributed by atoms with E-state index in [9.17, 15) is 14.9 Å². The molecular weight excluding hydrogens is 350 g/mol. The number of amides is 1. The number of hydrogen-bond donors (Lipinski definition) is 1. The fourth-order valence-electron chi connectivity index (χ4n) is 3.22. The highest BCUT2D eigenvalue weighted by Crippen LogP contribution is 2.31. The molecule has 0 aliphatic carbocycles. The average Bonchev–Trinajstić information content (AvgIpc) is 3.08. The smallest absolute Gasteiger partial charge is 0.311 e. The van der Waals surface area contributed by atoms with Crippen molar-refractivity contribution in [1.29, 1.82) is 0 Å². The van der Waals surface area contributed by atoms with E-state index in [1.165, 1.54) is 25.3 Å². The summed E-state index contributed by atoms with van der Waals surface area (Å²) in [5, 5.41) is 10.9. The molecule has 8 heteroatoms. The van der Waals surface area contributed by atoms with Gasteiger partial charge in [0, 0.05) is 37.2 Å². The van der Waals surface area contributed by atoms with Gasteiger partial charge in [-0.25, -0.2) is 0 Å². The molecule has 2 aromatic rings. The molecule has 1 aliphatic heterocycles. The number of carbonyl (C=O) groups is 1. The summed E-state index contributed by atoms with van der Waals surface area (Å²) in [6.45, 7) is 0.831. The fourth-order valence-corrected chi connectivity index (χ4v) is 3.22. The first-order valence-electron chi connectivity index (χ1n) is 8.53. The molecule has 8 nitrogen and oxygen atoms in total. The topological polar surface area (TPSA) is 108 Å². The minimum Gasteiger partial charge on any atom is -0.490 e. The van der Waals surface area contributed by atoms with Gasteiger partial charge >= 0.3 is 5.69 Å². The van der Waals surface area contributed by atoms with E-state index in [0.29, 0.717) is 18.8 Å². The summed E-state index contributed by atoms with van der Waals surface area (Å²) in [4.78, 5) is 24.5. The lowest BCUT2D eigenvalue weighted by atomic mass is 9.95. The molecule has 1 amide bonds. The third-order valence-electron chi connectivity index (χ3n) is 4.66. The summed E-state index contributed by atoms with van der Waals surface area (Å²) < 4.78 is 10.5. The first-order valence-corrected chi connectivity index (χ1v) is 8.53. The van der Waals surface area contributed by atoms with Crippen LogP contribution in [0, 0.1) is 10.1 Å². The summed E-state index contributed by atoms with van der Waals surface area (Å²) in [5.74, 6) is 0.321. The van der Waals surface area contributed by atoms with Crippen LogP contribution in [0.1, 0.15) is 11.5 Å². The average molecular weight is 371 g/mol.